The van der Waals surface area contributed by atoms with Crippen LogP contribution >= 0.6 is 11.8 Å². The summed E-state index contributed by atoms with van der Waals surface area (Å²) in [5, 5.41) is 3.66. The van der Waals surface area contributed by atoms with Gasteiger partial charge in [0.1, 0.15) is 0 Å². The molecule has 0 radical (unpaired) electrons. The highest BCUT2D eigenvalue weighted by Gasteiger charge is 2.29. The highest BCUT2D eigenvalue weighted by molar-refractivity contribution is 7.99. The van der Waals surface area contributed by atoms with Gasteiger partial charge in [-0.05, 0) is 31.0 Å². The van der Waals surface area contributed by atoms with Gasteiger partial charge in [-0.15, -0.1) is 11.8 Å². The summed E-state index contributed by atoms with van der Waals surface area (Å²) in [4.78, 5) is 1.47. The minimum atomic E-state index is 0.540. The van der Waals surface area contributed by atoms with Gasteiger partial charge in [0.05, 0.1) is 0 Å². The average molecular weight is 261 g/mol. The molecular weight excluding hydrogens is 238 g/mol. The quantitative estimate of drug-likeness (QED) is 0.770. The van der Waals surface area contributed by atoms with Crippen LogP contribution in [-0.4, -0.2) is 18.3 Å². The van der Waals surface area contributed by atoms with E-state index in [2.05, 4.69) is 50.0 Å². The standard InChI is InChI=1S/C16H23NS/c1-4-12(3)10-15(17-5-2)14-11-18-16-9-7-6-8-13(14)16/h6-9,14-15,17H,3-5,10-11H2,1-2H3. The zero-order valence-corrected chi connectivity index (χ0v) is 12.2. The third-order valence-corrected chi connectivity index (χ3v) is 4.91. The lowest BCUT2D eigenvalue weighted by Gasteiger charge is -2.25. The van der Waals surface area contributed by atoms with Crippen LogP contribution in [0.2, 0.25) is 0 Å². The molecule has 2 atom stereocenters. The highest BCUT2D eigenvalue weighted by atomic mass is 32.2. The van der Waals surface area contributed by atoms with Gasteiger partial charge in [-0.1, -0.05) is 44.2 Å². The molecule has 2 unspecified atom stereocenters. The van der Waals surface area contributed by atoms with Crippen molar-refractivity contribution < 1.29 is 0 Å². The maximum absolute atomic E-state index is 4.18. The van der Waals surface area contributed by atoms with E-state index in [-0.39, 0.29) is 0 Å². The first-order chi connectivity index (χ1) is 8.76. The lowest BCUT2D eigenvalue weighted by atomic mass is 9.89. The van der Waals surface area contributed by atoms with Gasteiger partial charge in [-0.2, -0.15) is 0 Å². The van der Waals surface area contributed by atoms with Crippen molar-refractivity contribution in [2.24, 2.45) is 0 Å². The molecule has 1 aromatic rings. The number of likely N-dealkylation sites (N-methyl/N-ethyl adjacent to an activating group) is 1. The summed E-state index contributed by atoms with van der Waals surface area (Å²) in [7, 11) is 0. The van der Waals surface area contributed by atoms with Crippen molar-refractivity contribution >= 4 is 11.8 Å². The number of rotatable bonds is 6. The maximum Gasteiger partial charge on any atom is 0.0181 e. The Morgan fingerprint density at radius 1 is 1.44 bits per heavy atom. The Morgan fingerprint density at radius 2 is 2.22 bits per heavy atom. The minimum Gasteiger partial charge on any atom is -0.313 e. The number of hydrogen-bond acceptors (Lipinski definition) is 2. The molecule has 18 heavy (non-hydrogen) atoms. The second kappa shape index (κ2) is 6.44. The fraction of sp³-hybridized carbons (Fsp3) is 0.500. The SMILES string of the molecule is C=C(CC)CC(NCC)C1CSc2ccccc21. The minimum absolute atomic E-state index is 0.540. The van der Waals surface area contributed by atoms with Gasteiger partial charge in [-0.3, -0.25) is 0 Å². The van der Waals surface area contributed by atoms with Crippen LogP contribution in [0.4, 0.5) is 0 Å². The van der Waals surface area contributed by atoms with Gasteiger partial charge < -0.3 is 5.32 Å². The normalized spacial score (nSPS) is 19.6. The molecule has 0 spiro atoms. The first kappa shape index (κ1) is 13.7. The summed E-state index contributed by atoms with van der Waals surface area (Å²) in [6.07, 6.45) is 2.19. The molecule has 1 nitrogen and oxygen atoms in total. The molecule has 1 aliphatic heterocycles. The number of nitrogens with one attached hydrogen (secondary N) is 1. The predicted octanol–water partition coefficient (Wildman–Crippen LogP) is 4.21. The molecule has 1 N–H and O–H groups in total. The molecule has 2 heteroatoms. The van der Waals surface area contributed by atoms with Crippen LogP contribution < -0.4 is 5.32 Å². The number of fused-ring (bicyclic) bond motifs is 1. The number of benzene rings is 1. The lowest BCUT2D eigenvalue weighted by Crippen LogP contribution is -2.35. The van der Waals surface area contributed by atoms with Crippen molar-refractivity contribution in [1.29, 1.82) is 0 Å². The van der Waals surface area contributed by atoms with E-state index in [1.165, 1.54) is 21.8 Å². The largest absolute Gasteiger partial charge is 0.313 e. The van der Waals surface area contributed by atoms with Crippen LogP contribution in [0.25, 0.3) is 0 Å². The second-order valence-corrected chi connectivity index (χ2v) is 5.99. The molecular formula is C16H23NS. The van der Waals surface area contributed by atoms with Gasteiger partial charge in [0.2, 0.25) is 0 Å². The molecule has 0 aromatic heterocycles. The molecule has 98 valence electrons. The maximum atomic E-state index is 4.18. The smallest absolute Gasteiger partial charge is 0.0181 e. The summed E-state index contributed by atoms with van der Waals surface area (Å²) in [5.74, 6) is 1.84. The van der Waals surface area contributed by atoms with E-state index in [0.29, 0.717) is 12.0 Å². The van der Waals surface area contributed by atoms with E-state index >= 15 is 0 Å². The third kappa shape index (κ3) is 2.99. The third-order valence-electron chi connectivity index (χ3n) is 3.70. The Hall–Kier alpha value is -0.730. The van der Waals surface area contributed by atoms with Crippen LogP contribution in [0.5, 0.6) is 0 Å². The van der Waals surface area contributed by atoms with E-state index < -0.39 is 0 Å². The number of hydrogen-bond donors (Lipinski definition) is 1. The lowest BCUT2D eigenvalue weighted by molar-refractivity contribution is 0.459. The van der Waals surface area contributed by atoms with Gasteiger partial charge in [0, 0.05) is 22.6 Å². The number of thioether (sulfide) groups is 1. The fourth-order valence-corrected chi connectivity index (χ4v) is 3.93. The molecule has 0 amide bonds. The molecule has 0 saturated carbocycles. The fourth-order valence-electron chi connectivity index (χ4n) is 2.59. The molecule has 1 heterocycles. The molecule has 0 aliphatic carbocycles. The molecule has 1 aliphatic rings. The van der Waals surface area contributed by atoms with Crippen LogP contribution in [0.3, 0.4) is 0 Å². The van der Waals surface area contributed by atoms with Gasteiger partial charge >= 0.3 is 0 Å². The molecule has 0 saturated heterocycles. The van der Waals surface area contributed by atoms with Crippen LogP contribution in [-0.2, 0) is 0 Å². The van der Waals surface area contributed by atoms with E-state index in [4.69, 9.17) is 0 Å². The first-order valence-electron chi connectivity index (χ1n) is 6.88. The van der Waals surface area contributed by atoms with Gasteiger partial charge in [-0.25, -0.2) is 0 Å². The van der Waals surface area contributed by atoms with E-state index in [1.807, 2.05) is 11.8 Å². The molecule has 0 bridgehead atoms. The monoisotopic (exact) mass is 261 g/mol. The summed E-state index contributed by atoms with van der Waals surface area (Å²) < 4.78 is 0. The first-order valence-corrected chi connectivity index (χ1v) is 7.86. The summed E-state index contributed by atoms with van der Waals surface area (Å²) in [5.41, 5.74) is 2.88. The Bertz CT molecular complexity index is 413. The Balaban J connectivity index is 2.15. The van der Waals surface area contributed by atoms with Crippen LogP contribution in [0.1, 0.15) is 38.2 Å². The van der Waals surface area contributed by atoms with Crippen molar-refractivity contribution in [1.82, 2.24) is 5.32 Å². The topological polar surface area (TPSA) is 12.0 Å². The molecule has 1 aromatic carbocycles. The molecule has 2 rings (SSSR count). The second-order valence-electron chi connectivity index (χ2n) is 4.93. The summed E-state index contributed by atoms with van der Waals surface area (Å²) in [6, 6.07) is 9.38. The van der Waals surface area contributed by atoms with Crippen molar-refractivity contribution in [2.75, 3.05) is 12.3 Å². The van der Waals surface area contributed by atoms with E-state index in [1.54, 1.807) is 0 Å². The molecule has 0 fully saturated rings. The highest BCUT2D eigenvalue weighted by Crippen LogP contribution is 2.42. The summed E-state index contributed by atoms with van der Waals surface area (Å²) in [6.45, 7) is 9.60. The zero-order valence-electron chi connectivity index (χ0n) is 11.4. The van der Waals surface area contributed by atoms with Crippen molar-refractivity contribution in [3.63, 3.8) is 0 Å². The average Bonchev–Trinajstić information content (AvgIpc) is 2.82. The van der Waals surface area contributed by atoms with Gasteiger partial charge in [0.25, 0.3) is 0 Å². The van der Waals surface area contributed by atoms with Gasteiger partial charge in [0.15, 0.2) is 0 Å². The van der Waals surface area contributed by atoms with E-state index in [0.717, 1.165) is 19.4 Å². The zero-order chi connectivity index (χ0) is 13.0. The van der Waals surface area contributed by atoms with Crippen LogP contribution in [0, 0.1) is 0 Å². The van der Waals surface area contributed by atoms with Crippen molar-refractivity contribution in [3.8, 4) is 0 Å². The Morgan fingerprint density at radius 3 is 2.94 bits per heavy atom. The predicted molar refractivity (Wildman–Crippen MR) is 81.4 cm³/mol. The summed E-state index contributed by atoms with van der Waals surface area (Å²) >= 11 is 2.00. The Kier molecular flexibility index (Phi) is 4.90. The van der Waals surface area contributed by atoms with Crippen molar-refractivity contribution in [3.05, 3.63) is 42.0 Å². The van der Waals surface area contributed by atoms with E-state index in [9.17, 15) is 0 Å². The van der Waals surface area contributed by atoms with Crippen molar-refractivity contribution in [2.45, 2.75) is 43.5 Å². The Labute approximate surface area is 115 Å². The van der Waals surface area contributed by atoms with Crippen LogP contribution in [0.15, 0.2) is 41.3 Å².